The Morgan fingerprint density at radius 1 is 0.723 bits per heavy atom. The number of H-pyrrole nitrogens is 2. The van der Waals surface area contributed by atoms with E-state index in [9.17, 15) is 24.3 Å². The number of para-hydroxylation sites is 2. The Kier molecular flexibility index (Phi) is 16.1. The van der Waals surface area contributed by atoms with Gasteiger partial charge in [0, 0.05) is 102 Å². The number of hydrogen-bond acceptors (Lipinski definition) is 9. The van der Waals surface area contributed by atoms with Gasteiger partial charge in [0.1, 0.15) is 0 Å². The maximum atomic E-state index is 13.3. The molecule has 2 atom stereocenters. The lowest BCUT2D eigenvalue weighted by Crippen LogP contribution is -2.28. The SMILES string of the molecule is COc1[nH]c(C)cc(=O)c1CN.COc1[nH]c(C)cc(=O)c1CNC(=O)c1c(C)n(C(C)C2CCOCC2)c2ccccc12.Cc1c(C(=O)O)c2ccccc2n1C(C)C1CCOCC1. The van der Waals surface area contributed by atoms with Crippen LogP contribution in [0.2, 0.25) is 0 Å². The van der Waals surface area contributed by atoms with Gasteiger partial charge >= 0.3 is 5.97 Å². The molecule has 0 radical (unpaired) electrons. The number of aromatic carboxylic acids is 1. The van der Waals surface area contributed by atoms with Gasteiger partial charge in [0.05, 0.1) is 43.0 Å². The highest BCUT2D eigenvalue weighted by molar-refractivity contribution is 6.08. The van der Waals surface area contributed by atoms with Crippen molar-refractivity contribution in [1.82, 2.24) is 24.4 Å². The Morgan fingerprint density at radius 3 is 1.58 bits per heavy atom. The van der Waals surface area contributed by atoms with E-state index in [-0.39, 0.29) is 41.9 Å². The number of amides is 1. The second-order valence-electron chi connectivity index (χ2n) is 16.9. The van der Waals surface area contributed by atoms with E-state index in [0.717, 1.165) is 91.0 Å². The maximum Gasteiger partial charge on any atom is 0.338 e. The number of nitrogens with zero attached hydrogens (tertiary/aromatic N) is 2. The van der Waals surface area contributed by atoms with Crippen molar-refractivity contribution in [1.29, 1.82) is 0 Å². The van der Waals surface area contributed by atoms with Gasteiger partial charge in [-0.05, 0) is 91.2 Å². The first-order valence-electron chi connectivity index (χ1n) is 22.3. The van der Waals surface area contributed by atoms with Crippen LogP contribution in [0.3, 0.4) is 0 Å². The van der Waals surface area contributed by atoms with Crippen molar-refractivity contribution >= 4 is 33.7 Å². The molecule has 2 aliphatic heterocycles. The van der Waals surface area contributed by atoms with Crippen molar-refractivity contribution in [2.45, 2.75) is 92.4 Å². The monoisotopic (exact) mass is 892 g/mol. The van der Waals surface area contributed by atoms with E-state index in [1.165, 1.54) is 26.4 Å². The average Bonchev–Trinajstić information content (AvgIpc) is 3.78. The van der Waals surface area contributed by atoms with Crippen LogP contribution in [0, 0.1) is 39.5 Å². The van der Waals surface area contributed by atoms with Crippen LogP contribution < -0.4 is 31.4 Å². The molecule has 0 spiro atoms. The minimum Gasteiger partial charge on any atom is -0.482 e. The number of methoxy groups -OCH3 is 2. The fraction of sp³-hybridized carbons (Fsp3) is 0.440. The van der Waals surface area contributed by atoms with Crippen LogP contribution in [0.15, 0.2) is 70.3 Å². The molecule has 2 saturated heterocycles. The lowest BCUT2D eigenvalue weighted by Gasteiger charge is -2.30. The van der Waals surface area contributed by atoms with Gasteiger partial charge in [-0.3, -0.25) is 14.4 Å². The Hall–Kier alpha value is -6.16. The number of aromatic nitrogens is 4. The van der Waals surface area contributed by atoms with Crippen LogP contribution in [0.4, 0.5) is 0 Å². The lowest BCUT2D eigenvalue weighted by atomic mass is 9.92. The van der Waals surface area contributed by atoms with Gasteiger partial charge in [-0.25, -0.2) is 4.79 Å². The number of carbonyl (C=O) groups excluding carboxylic acids is 1. The average molecular weight is 893 g/mol. The van der Waals surface area contributed by atoms with Gasteiger partial charge < -0.3 is 54.2 Å². The minimum atomic E-state index is -0.846. The molecule has 4 aromatic heterocycles. The summed E-state index contributed by atoms with van der Waals surface area (Å²) in [5.74, 6) is 0.838. The molecule has 348 valence electrons. The molecule has 65 heavy (non-hydrogen) atoms. The topological polar surface area (TPSA) is 205 Å². The first kappa shape index (κ1) is 48.3. The quantitative estimate of drug-likeness (QED) is 0.0859. The number of aromatic amines is 2. The zero-order valence-electron chi connectivity index (χ0n) is 38.8. The standard InChI is InChI=1S/C25H31N3O4.C17H21NO3.C8H12N2O2/c1-15-13-22(29)20(25(27-15)31-4)14-26-24(30)23-17(3)28(21-8-6-5-7-19(21)23)16(2)18-9-11-32-12-10-18;1-11(13-7-9-21-10-8-13)18-12(2)16(17(19)20)14-5-3-4-6-15(14)18;1-5-3-7(11)6(4-9)8(10-5)12-2/h5-8,13,16,18H,9-12,14H2,1-4H3,(H,26,30)(H,27,29);3-6,11,13H,7-10H2,1-2H3,(H,19,20);3H,4,9H2,1-2H3,(H,10,11). The summed E-state index contributed by atoms with van der Waals surface area (Å²) in [6, 6.07) is 19.4. The second kappa shape index (κ2) is 21.7. The molecule has 2 aliphatic rings. The summed E-state index contributed by atoms with van der Waals surface area (Å²) in [7, 11) is 3.01. The minimum absolute atomic E-state index is 0.0781. The van der Waals surface area contributed by atoms with Crippen molar-refractivity contribution in [3.8, 4) is 11.8 Å². The van der Waals surface area contributed by atoms with Gasteiger partial charge in [0.2, 0.25) is 0 Å². The number of carbonyl (C=O) groups is 2. The van der Waals surface area contributed by atoms with Crippen LogP contribution in [0.5, 0.6) is 11.8 Å². The first-order valence-corrected chi connectivity index (χ1v) is 22.3. The van der Waals surface area contributed by atoms with Crippen LogP contribution >= 0.6 is 0 Å². The molecule has 2 aromatic carbocycles. The van der Waals surface area contributed by atoms with Crippen molar-refractivity contribution in [3.05, 3.63) is 126 Å². The van der Waals surface area contributed by atoms with E-state index in [1.54, 1.807) is 13.8 Å². The molecule has 0 aliphatic carbocycles. The van der Waals surface area contributed by atoms with Gasteiger partial charge in [-0.2, -0.15) is 0 Å². The van der Waals surface area contributed by atoms with E-state index in [2.05, 4.69) is 44.3 Å². The summed E-state index contributed by atoms with van der Waals surface area (Å²) >= 11 is 0. The maximum absolute atomic E-state index is 13.3. The first-order chi connectivity index (χ1) is 31.2. The number of nitrogens with one attached hydrogen (secondary N) is 3. The normalized spacial score (nSPS) is 15.3. The summed E-state index contributed by atoms with van der Waals surface area (Å²) < 4.78 is 25.8. The van der Waals surface area contributed by atoms with Gasteiger partial charge in [-0.15, -0.1) is 0 Å². The number of rotatable bonds is 11. The Bertz CT molecular complexity index is 2740. The molecular weight excluding hydrogens is 829 g/mol. The molecular formula is C50H64N6O9. The highest BCUT2D eigenvalue weighted by atomic mass is 16.5. The number of fused-ring (bicyclic) bond motifs is 2. The molecule has 6 heterocycles. The molecule has 2 fully saturated rings. The predicted molar refractivity (Wildman–Crippen MR) is 253 cm³/mol. The van der Waals surface area contributed by atoms with Gasteiger partial charge in [0.15, 0.2) is 22.6 Å². The largest absolute Gasteiger partial charge is 0.482 e. The third-order valence-electron chi connectivity index (χ3n) is 13.0. The Labute approximate surface area is 379 Å². The molecule has 0 bridgehead atoms. The number of benzene rings is 2. The fourth-order valence-electron chi connectivity index (χ4n) is 9.55. The molecule has 8 rings (SSSR count). The number of aryl methyl sites for hydroxylation is 2. The van der Waals surface area contributed by atoms with E-state index < -0.39 is 5.97 Å². The zero-order valence-corrected chi connectivity index (χ0v) is 38.8. The lowest BCUT2D eigenvalue weighted by molar-refractivity contribution is 0.0515. The predicted octanol–water partition coefficient (Wildman–Crippen LogP) is 7.66. The number of nitrogens with two attached hydrogens (primary N) is 1. The van der Waals surface area contributed by atoms with Crippen molar-refractivity contribution < 1.29 is 33.6 Å². The summed E-state index contributed by atoms with van der Waals surface area (Å²) in [6.07, 6.45) is 4.11. The molecule has 6 N–H and O–H groups in total. The highest BCUT2D eigenvalue weighted by Gasteiger charge is 2.29. The molecule has 15 heteroatoms. The van der Waals surface area contributed by atoms with E-state index in [0.29, 0.717) is 51.5 Å². The van der Waals surface area contributed by atoms with E-state index in [1.807, 2.05) is 56.3 Å². The van der Waals surface area contributed by atoms with Crippen molar-refractivity contribution in [2.24, 2.45) is 17.6 Å². The fourth-order valence-corrected chi connectivity index (χ4v) is 9.55. The zero-order chi connectivity index (χ0) is 46.9. The molecule has 15 nitrogen and oxygen atoms in total. The summed E-state index contributed by atoms with van der Waals surface area (Å²) in [5.41, 5.74) is 12.5. The van der Waals surface area contributed by atoms with Crippen molar-refractivity contribution in [2.75, 3.05) is 40.6 Å². The third-order valence-corrected chi connectivity index (χ3v) is 13.0. The number of carboxylic acids is 1. The number of carboxylic acid groups (broad SMARTS) is 1. The van der Waals surface area contributed by atoms with Crippen molar-refractivity contribution in [3.63, 3.8) is 0 Å². The summed E-state index contributed by atoms with van der Waals surface area (Å²) in [4.78, 5) is 54.6. The van der Waals surface area contributed by atoms with Crippen LogP contribution in [-0.2, 0) is 22.6 Å². The molecule has 1 amide bonds. The molecule has 0 saturated carbocycles. The highest BCUT2D eigenvalue weighted by Crippen LogP contribution is 2.37. The summed E-state index contributed by atoms with van der Waals surface area (Å²) in [6.45, 7) is 15.4. The van der Waals surface area contributed by atoms with Crippen LogP contribution in [-0.4, -0.2) is 76.7 Å². The van der Waals surface area contributed by atoms with E-state index >= 15 is 0 Å². The molecule has 2 unspecified atom stereocenters. The smallest absolute Gasteiger partial charge is 0.338 e. The van der Waals surface area contributed by atoms with E-state index in [4.69, 9.17) is 24.7 Å². The van der Waals surface area contributed by atoms with Crippen LogP contribution in [0.1, 0.15) is 106 Å². The Morgan fingerprint density at radius 2 is 1.14 bits per heavy atom. The Balaban J connectivity index is 0.000000181. The number of ether oxygens (including phenoxy) is 4. The molecule has 6 aromatic rings. The van der Waals surface area contributed by atoms with Crippen LogP contribution in [0.25, 0.3) is 21.8 Å². The third kappa shape index (κ3) is 10.5. The second-order valence-corrected chi connectivity index (χ2v) is 16.9. The van der Waals surface area contributed by atoms with Gasteiger partial charge in [0.25, 0.3) is 5.91 Å². The number of hydrogen-bond donors (Lipinski definition) is 5. The summed E-state index contributed by atoms with van der Waals surface area (Å²) in [5, 5.41) is 14.2. The number of pyridine rings is 2. The van der Waals surface area contributed by atoms with Gasteiger partial charge in [-0.1, -0.05) is 36.4 Å².